The van der Waals surface area contributed by atoms with E-state index in [0.717, 1.165) is 0 Å². The zero-order chi connectivity index (χ0) is 23.5. The Kier molecular flexibility index (Phi) is 7.32. The highest BCUT2D eigenvalue weighted by atomic mass is 16.4. The van der Waals surface area contributed by atoms with E-state index in [2.05, 4.69) is 16.0 Å². The molecule has 2 heterocycles. The van der Waals surface area contributed by atoms with Crippen molar-refractivity contribution in [1.29, 1.82) is 0 Å². The summed E-state index contributed by atoms with van der Waals surface area (Å²) in [5.74, 6) is -5.49. The van der Waals surface area contributed by atoms with Crippen molar-refractivity contribution in [2.24, 2.45) is 11.3 Å². The molecule has 0 aromatic heterocycles. The van der Waals surface area contributed by atoms with Gasteiger partial charge in [0.15, 0.2) is 0 Å². The molecule has 1 saturated heterocycles. The number of carbonyl (C=O) groups is 4. The van der Waals surface area contributed by atoms with E-state index >= 15 is 0 Å². The molecule has 1 fully saturated rings. The van der Waals surface area contributed by atoms with Crippen LogP contribution in [0.4, 0.5) is 0 Å². The van der Waals surface area contributed by atoms with Crippen molar-refractivity contribution in [3.8, 4) is 0 Å². The lowest BCUT2D eigenvalue weighted by atomic mass is 9.83. The molecule has 0 spiro atoms. The van der Waals surface area contributed by atoms with Gasteiger partial charge in [0.05, 0.1) is 0 Å². The summed E-state index contributed by atoms with van der Waals surface area (Å²) < 4.78 is 0. The fourth-order valence-electron chi connectivity index (χ4n) is 3.52. The number of rotatable bonds is 8. The van der Waals surface area contributed by atoms with Gasteiger partial charge >= 0.3 is 11.9 Å². The van der Waals surface area contributed by atoms with Crippen LogP contribution in [0.1, 0.15) is 34.1 Å². The van der Waals surface area contributed by atoms with Gasteiger partial charge in [-0.1, -0.05) is 20.8 Å². The SMILES string of the molecule is CC1=CC(NCC(=O)O)=C2C(O)C(C(=O)NCC(=O)O)C(=O)N(CCC(C)(C)C)C2N1. The van der Waals surface area contributed by atoms with Crippen LogP contribution in [-0.4, -0.2) is 75.9 Å². The van der Waals surface area contributed by atoms with Crippen LogP contribution in [0.3, 0.4) is 0 Å². The summed E-state index contributed by atoms with van der Waals surface area (Å²) in [6.07, 6.45) is -0.133. The molecular weight excluding hydrogens is 408 g/mol. The molecule has 11 heteroatoms. The summed E-state index contributed by atoms with van der Waals surface area (Å²) in [5, 5.41) is 36.9. The van der Waals surface area contributed by atoms with Gasteiger partial charge < -0.3 is 36.2 Å². The fraction of sp³-hybridized carbons (Fsp3) is 0.600. The number of carboxylic acid groups (broad SMARTS) is 2. The number of carbonyl (C=O) groups excluding carboxylic acids is 2. The number of likely N-dealkylation sites (tertiary alicyclic amines) is 1. The van der Waals surface area contributed by atoms with Crippen LogP contribution in [0.25, 0.3) is 0 Å². The van der Waals surface area contributed by atoms with Gasteiger partial charge in [-0.3, -0.25) is 19.2 Å². The first-order chi connectivity index (χ1) is 14.3. The Hall–Kier alpha value is -3.08. The number of carboxylic acids is 2. The smallest absolute Gasteiger partial charge is 0.322 e. The van der Waals surface area contributed by atoms with Crippen molar-refractivity contribution < 1.29 is 34.5 Å². The van der Waals surface area contributed by atoms with Gasteiger partial charge in [0.2, 0.25) is 11.8 Å². The van der Waals surface area contributed by atoms with Gasteiger partial charge in [0.1, 0.15) is 31.3 Å². The number of aliphatic hydroxyl groups excluding tert-OH is 1. The van der Waals surface area contributed by atoms with E-state index < -0.39 is 55.0 Å². The maximum absolute atomic E-state index is 13.2. The third-order valence-electron chi connectivity index (χ3n) is 5.06. The third kappa shape index (κ3) is 5.97. The molecule has 2 aliphatic rings. The number of dihydropyridines is 1. The maximum atomic E-state index is 13.2. The molecular formula is C20H30N4O7. The molecule has 0 aromatic carbocycles. The number of aliphatic carboxylic acids is 2. The van der Waals surface area contributed by atoms with E-state index in [1.54, 1.807) is 13.0 Å². The number of piperidine rings is 1. The molecule has 172 valence electrons. The molecule has 0 aliphatic carbocycles. The molecule has 2 amide bonds. The number of aliphatic hydroxyl groups is 1. The minimum Gasteiger partial charge on any atom is -0.480 e. The predicted octanol–water partition coefficient (Wildman–Crippen LogP) is -0.796. The van der Waals surface area contributed by atoms with Crippen molar-refractivity contribution >= 4 is 23.8 Å². The van der Waals surface area contributed by atoms with E-state index in [0.29, 0.717) is 17.8 Å². The summed E-state index contributed by atoms with van der Waals surface area (Å²) in [6.45, 7) is 6.91. The standard InChI is InChI=1S/C20H30N4O7/c1-10-7-11(21-8-12(25)26)14-16(29)15(18(30)22-9-13(27)28)19(31)24(17(14)23-10)6-5-20(2,3)4/h7,15-17,21,23,29H,5-6,8-9H2,1-4H3,(H,22,30)(H,25,26)(H,27,28). The number of fused-ring (bicyclic) bond motifs is 1. The van der Waals surface area contributed by atoms with E-state index in [9.17, 15) is 24.3 Å². The van der Waals surface area contributed by atoms with Crippen LogP contribution in [0.2, 0.25) is 0 Å². The molecule has 3 unspecified atom stereocenters. The molecule has 31 heavy (non-hydrogen) atoms. The number of hydrogen-bond acceptors (Lipinski definition) is 7. The lowest BCUT2D eigenvalue weighted by molar-refractivity contribution is -0.153. The van der Waals surface area contributed by atoms with E-state index in [1.807, 2.05) is 20.8 Å². The van der Waals surface area contributed by atoms with Crippen LogP contribution in [0.15, 0.2) is 23.0 Å². The van der Waals surface area contributed by atoms with Crippen molar-refractivity contribution in [3.05, 3.63) is 23.0 Å². The van der Waals surface area contributed by atoms with Crippen LogP contribution < -0.4 is 16.0 Å². The first kappa shape index (κ1) is 24.2. The lowest BCUT2D eigenvalue weighted by Gasteiger charge is -2.46. The van der Waals surface area contributed by atoms with Gasteiger partial charge in [-0.25, -0.2) is 0 Å². The first-order valence-corrected chi connectivity index (χ1v) is 9.94. The quantitative estimate of drug-likeness (QED) is 0.266. The minimum atomic E-state index is -1.56. The van der Waals surface area contributed by atoms with Crippen LogP contribution in [0, 0.1) is 11.3 Å². The van der Waals surface area contributed by atoms with Gasteiger partial charge in [-0.2, -0.15) is 0 Å². The Morgan fingerprint density at radius 2 is 1.77 bits per heavy atom. The highest BCUT2D eigenvalue weighted by Gasteiger charge is 2.50. The summed E-state index contributed by atoms with van der Waals surface area (Å²) in [5.41, 5.74) is 1.10. The molecule has 11 nitrogen and oxygen atoms in total. The van der Waals surface area contributed by atoms with Crippen LogP contribution in [-0.2, 0) is 19.2 Å². The van der Waals surface area contributed by atoms with E-state index in [1.165, 1.54) is 4.90 Å². The summed E-state index contributed by atoms with van der Waals surface area (Å²) >= 11 is 0. The molecule has 3 atom stereocenters. The molecule has 2 aliphatic heterocycles. The van der Waals surface area contributed by atoms with E-state index in [-0.39, 0.29) is 17.5 Å². The Balaban J connectivity index is 2.48. The highest BCUT2D eigenvalue weighted by Crippen LogP contribution is 2.34. The van der Waals surface area contributed by atoms with Crippen LogP contribution in [0.5, 0.6) is 0 Å². The van der Waals surface area contributed by atoms with Gasteiger partial charge in [-0.05, 0) is 24.8 Å². The number of nitrogens with one attached hydrogen (secondary N) is 3. The average Bonchev–Trinajstić information content (AvgIpc) is 2.62. The van der Waals surface area contributed by atoms with Crippen molar-refractivity contribution in [3.63, 3.8) is 0 Å². The van der Waals surface area contributed by atoms with Crippen molar-refractivity contribution in [2.45, 2.75) is 46.4 Å². The zero-order valence-electron chi connectivity index (χ0n) is 18.1. The van der Waals surface area contributed by atoms with E-state index in [4.69, 9.17) is 10.2 Å². The van der Waals surface area contributed by atoms with Gasteiger partial charge in [-0.15, -0.1) is 0 Å². The number of nitrogens with zero attached hydrogens (tertiary/aromatic N) is 1. The second-order valence-corrected chi connectivity index (χ2v) is 8.87. The predicted molar refractivity (Wildman–Crippen MR) is 109 cm³/mol. The van der Waals surface area contributed by atoms with Crippen molar-refractivity contribution in [2.75, 3.05) is 19.6 Å². The Bertz CT molecular complexity index is 828. The van der Waals surface area contributed by atoms with Crippen molar-refractivity contribution in [1.82, 2.24) is 20.9 Å². The highest BCUT2D eigenvalue weighted by molar-refractivity contribution is 6.03. The maximum Gasteiger partial charge on any atom is 0.322 e. The average molecular weight is 438 g/mol. The lowest BCUT2D eigenvalue weighted by Crippen LogP contribution is -2.64. The molecule has 6 N–H and O–H groups in total. The minimum absolute atomic E-state index is 0.120. The zero-order valence-corrected chi connectivity index (χ0v) is 18.1. The number of allylic oxidation sites excluding steroid dienone is 2. The third-order valence-corrected chi connectivity index (χ3v) is 5.06. The molecule has 0 bridgehead atoms. The number of amides is 2. The Labute approximate surface area is 180 Å². The van der Waals surface area contributed by atoms with Gasteiger partial charge in [0.25, 0.3) is 0 Å². The fourth-order valence-corrected chi connectivity index (χ4v) is 3.52. The monoisotopic (exact) mass is 438 g/mol. The van der Waals surface area contributed by atoms with Crippen LogP contribution >= 0.6 is 0 Å². The summed E-state index contributed by atoms with van der Waals surface area (Å²) in [4.78, 5) is 49.2. The topological polar surface area (TPSA) is 168 Å². The Morgan fingerprint density at radius 1 is 1.16 bits per heavy atom. The molecule has 0 aromatic rings. The van der Waals surface area contributed by atoms with Gasteiger partial charge in [0, 0.05) is 23.5 Å². The first-order valence-electron chi connectivity index (χ1n) is 9.94. The summed E-state index contributed by atoms with van der Waals surface area (Å²) in [7, 11) is 0. The molecule has 0 saturated carbocycles. The normalized spacial score (nSPS) is 23.5. The largest absolute Gasteiger partial charge is 0.480 e. The molecule has 0 radical (unpaired) electrons. The number of hydrogen-bond donors (Lipinski definition) is 6. The Morgan fingerprint density at radius 3 is 2.32 bits per heavy atom. The molecule has 2 rings (SSSR count). The second-order valence-electron chi connectivity index (χ2n) is 8.87. The summed E-state index contributed by atoms with van der Waals surface area (Å²) in [6, 6.07) is 0. The second kappa shape index (κ2) is 9.38.